The lowest BCUT2D eigenvalue weighted by molar-refractivity contribution is -0.114. The zero-order valence-electron chi connectivity index (χ0n) is 19.5. The van der Waals surface area contributed by atoms with Crippen LogP contribution in [0.5, 0.6) is 5.75 Å². The molecule has 4 aromatic carbocycles. The Morgan fingerprint density at radius 3 is 2.25 bits per heavy atom. The van der Waals surface area contributed by atoms with Crippen LogP contribution in [0, 0.1) is 6.92 Å². The molecule has 178 valence electrons. The van der Waals surface area contributed by atoms with Crippen molar-refractivity contribution in [1.82, 2.24) is 0 Å². The second-order valence-electron chi connectivity index (χ2n) is 8.41. The zero-order chi connectivity index (χ0) is 25.1. The summed E-state index contributed by atoms with van der Waals surface area (Å²) in [6.45, 7) is 2.46. The number of hydrazone groups is 1. The third-order valence-electron chi connectivity index (χ3n) is 5.77. The third kappa shape index (κ3) is 5.20. The summed E-state index contributed by atoms with van der Waals surface area (Å²) in [7, 11) is 0. The predicted molar refractivity (Wildman–Crippen MR) is 152 cm³/mol. The van der Waals surface area contributed by atoms with Gasteiger partial charge in [0.05, 0.1) is 15.7 Å². The van der Waals surface area contributed by atoms with E-state index in [0.717, 1.165) is 25.6 Å². The Kier molecular flexibility index (Phi) is 7.16. The van der Waals surface area contributed by atoms with E-state index < -0.39 is 0 Å². The molecule has 0 atom stereocenters. The summed E-state index contributed by atoms with van der Waals surface area (Å²) in [6.07, 6.45) is 1.86. The highest BCUT2D eigenvalue weighted by atomic mass is 79.9. The van der Waals surface area contributed by atoms with E-state index >= 15 is 0 Å². The SMILES string of the molecule is Cc1ccc(COc2c(Br)cc(Br)cc2/C=C2\C(=O)N(c3ccccc3)N=C2c2ccccc2)cc1. The van der Waals surface area contributed by atoms with Crippen LogP contribution >= 0.6 is 31.9 Å². The molecule has 0 saturated carbocycles. The minimum Gasteiger partial charge on any atom is -0.487 e. The van der Waals surface area contributed by atoms with Crippen LogP contribution in [0.4, 0.5) is 5.69 Å². The van der Waals surface area contributed by atoms with E-state index in [2.05, 4.69) is 63.0 Å². The highest BCUT2D eigenvalue weighted by Gasteiger charge is 2.32. The smallest absolute Gasteiger partial charge is 0.281 e. The second-order valence-corrected chi connectivity index (χ2v) is 10.2. The van der Waals surface area contributed by atoms with Crippen molar-refractivity contribution < 1.29 is 9.53 Å². The molecular formula is C30H22Br2N2O2. The first-order valence-corrected chi connectivity index (χ1v) is 13.0. The van der Waals surface area contributed by atoms with Gasteiger partial charge < -0.3 is 4.74 Å². The molecule has 0 radical (unpaired) electrons. The Bertz CT molecular complexity index is 1460. The van der Waals surface area contributed by atoms with Crippen molar-refractivity contribution in [2.45, 2.75) is 13.5 Å². The van der Waals surface area contributed by atoms with Crippen molar-refractivity contribution >= 4 is 55.2 Å². The normalized spacial score (nSPS) is 14.3. The molecule has 1 amide bonds. The maximum Gasteiger partial charge on any atom is 0.281 e. The van der Waals surface area contributed by atoms with Crippen molar-refractivity contribution in [3.8, 4) is 5.75 Å². The van der Waals surface area contributed by atoms with E-state index in [0.29, 0.717) is 29.3 Å². The molecule has 0 N–H and O–H groups in total. The fourth-order valence-electron chi connectivity index (χ4n) is 3.93. The number of ether oxygens (including phenoxy) is 1. The quantitative estimate of drug-likeness (QED) is 0.211. The number of benzene rings is 4. The molecule has 0 bridgehead atoms. The Balaban J connectivity index is 1.57. The molecule has 1 heterocycles. The van der Waals surface area contributed by atoms with Crippen LogP contribution < -0.4 is 9.75 Å². The number of amides is 1. The van der Waals surface area contributed by atoms with E-state index in [4.69, 9.17) is 9.84 Å². The highest BCUT2D eigenvalue weighted by Crippen LogP contribution is 2.36. The van der Waals surface area contributed by atoms with Gasteiger partial charge in [0.25, 0.3) is 5.91 Å². The molecule has 36 heavy (non-hydrogen) atoms. The summed E-state index contributed by atoms with van der Waals surface area (Å²) in [4.78, 5) is 13.7. The van der Waals surface area contributed by atoms with Gasteiger partial charge in [-0.05, 0) is 58.8 Å². The van der Waals surface area contributed by atoms with Crippen LogP contribution in [0.25, 0.3) is 6.08 Å². The monoisotopic (exact) mass is 600 g/mol. The van der Waals surface area contributed by atoms with Gasteiger partial charge in [0.15, 0.2) is 0 Å². The van der Waals surface area contributed by atoms with Crippen LogP contribution in [0.1, 0.15) is 22.3 Å². The summed E-state index contributed by atoms with van der Waals surface area (Å²) in [5.74, 6) is 0.463. The number of halogens is 2. The van der Waals surface area contributed by atoms with Crippen LogP contribution in [0.2, 0.25) is 0 Å². The van der Waals surface area contributed by atoms with Gasteiger partial charge >= 0.3 is 0 Å². The van der Waals surface area contributed by atoms with Gasteiger partial charge in [0.1, 0.15) is 18.1 Å². The molecule has 0 aliphatic carbocycles. The minimum atomic E-state index is -0.194. The summed E-state index contributed by atoms with van der Waals surface area (Å²) in [5.41, 5.74) is 5.72. The van der Waals surface area contributed by atoms with Gasteiger partial charge in [0.2, 0.25) is 0 Å². The maximum atomic E-state index is 13.7. The minimum absolute atomic E-state index is 0.194. The molecule has 0 unspecified atom stereocenters. The lowest BCUT2D eigenvalue weighted by Crippen LogP contribution is -2.21. The van der Waals surface area contributed by atoms with Gasteiger partial charge in [-0.15, -0.1) is 0 Å². The molecule has 5 rings (SSSR count). The van der Waals surface area contributed by atoms with Gasteiger partial charge in [0, 0.05) is 15.6 Å². The van der Waals surface area contributed by atoms with Gasteiger partial charge in [-0.2, -0.15) is 10.1 Å². The first-order valence-electron chi connectivity index (χ1n) is 11.4. The fraction of sp³-hybridized carbons (Fsp3) is 0.0667. The third-order valence-corrected chi connectivity index (χ3v) is 6.81. The number of anilines is 1. The fourth-order valence-corrected chi connectivity index (χ4v) is 5.31. The summed E-state index contributed by atoms with van der Waals surface area (Å²) in [5, 5.41) is 6.18. The average Bonchev–Trinajstić information content (AvgIpc) is 3.21. The first kappa shape index (κ1) is 24.2. The second kappa shape index (κ2) is 10.6. The van der Waals surface area contributed by atoms with E-state index in [1.807, 2.05) is 78.9 Å². The van der Waals surface area contributed by atoms with Crippen LogP contribution in [-0.4, -0.2) is 11.6 Å². The average molecular weight is 602 g/mol. The Labute approximate surface area is 227 Å². The van der Waals surface area contributed by atoms with Gasteiger partial charge in [-0.25, -0.2) is 0 Å². The van der Waals surface area contributed by atoms with Crippen molar-refractivity contribution in [3.63, 3.8) is 0 Å². The number of carbonyl (C=O) groups excluding carboxylic acids is 1. The molecule has 0 aromatic heterocycles. The largest absolute Gasteiger partial charge is 0.487 e. The van der Waals surface area contributed by atoms with E-state index in [-0.39, 0.29) is 5.91 Å². The lowest BCUT2D eigenvalue weighted by Gasteiger charge is -2.14. The number of aryl methyl sites for hydroxylation is 1. The molecule has 0 saturated heterocycles. The molecule has 0 spiro atoms. The Hall–Kier alpha value is -3.48. The summed E-state index contributed by atoms with van der Waals surface area (Å²) < 4.78 is 7.93. The molecular weight excluding hydrogens is 580 g/mol. The number of rotatable bonds is 6. The number of para-hydroxylation sites is 1. The number of nitrogens with zero attached hydrogens (tertiary/aromatic N) is 2. The van der Waals surface area contributed by atoms with E-state index in [1.54, 1.807) is 0 Å². The molecule has 0 fully saturated rings. The standard InChI is InChI=1S/C30H22Br2N2O2/c1-20-12-14-21(15-13-20)19-36-29-23(16-24(31)18-27(29)32)17-26-28(22-8-4-2-5-9-22)33-34(30(26)35)25-10-6-3-7-11-25/h2-18H,19H2,1H3/b26-17-. The van der Waals surface area contributed by atoms with Crippen LogP contribution in [0.15, 0.2) is 117 Å². The first-order chi connectivity index (χ1) is 17.5. The van der Waals surface area contributed by atoms with Crippen molar-refractivity contribution in [3.05, 3.63) is 134 Å². The van der Waals surface area contributed by atoms with Crippen LogP contribution in [0.3, 0.4) is 0 Å². The van der Waals surface area contributed by atoms with Crippen molar-refractivity contribution in [1.29, 1.82) is 0 Å². The number of hydrogen-bond acceptors (Lipinski definition) is 3. The summed E-state index contributed by atoms with van der Waals surface area (Å²) >= 11 is 7.23. The number of carbonyl (C=O) groups is 1. The maximum absolute atomic E-state index is 13.7. The van der Waals surface area contributed by atoms with Crippen molar-refractivity contribution in [2.75, 3.05) is 5.01 Å². The molecule has 4 nitrogen and oxygen atoms in total. The lowest BCUT2D eigenvalue weighted by atomic mass is 10.00. The molecule has 4 aromatic rings. The van der Waals surface area contributed by atoms with E-state index in [1.165, 1.54) is 10.6 Å². The van der Waals surface area contributed by atoms with E-state index in [9.17, 15) is 4.79 Å². The summed E-state index contributed by atoms with van der Waals surface area (Å²) in [6, 6.07) is 31.3. The topological polar surface area (TPSA) is 41.9 Å². The van der Waals surface area contributed by atoms with Gasteiger partial charge in [-0.1, -0.05) is 94.3 Å². The molecule has 1 aliphatic heterocycles. The zero-order valence-corrected chi connectivity index (χ0v) is 22.7. The van der Waals surface area contributed by atoms with Gasteiger partial charge in [-0.3, -0.25) is 4.79 Å². The van der Waals surface area contributed by atoms with Crippen molar-refractivity contribution in [2.24, 2.45) is 5.10 Å². The highest BCUT2D eigenvalue weighted by molar-refractivity contribution is 9.11. The Morgan fingerprint density at radius 2 is 1.56 bits per heavy atom. The Morgan fingerprint density at radius 1 is 0.889 bits per heavy atom. The van der Waals surface area contributed by atoms with Crippen LogP contribution in [-0.2, 0) is 11.4 Å². The molecule has 6 heteroatoms. The predicted octanol–water partition coefficient (Wildman–Crippen LogP) is 7.93. The number of hydrogen-bond donors (Lipinski definition) is 0. The molecule has 1 aliphatic rings.